The fraction of sp³-hybridized carbons (Fsp3) is 0.857. The van der Waals surface area contributed by atoms with Crippen LogP contribution in [0.5, 0.6) is 0 Å². The molecule has 6 heteroatoms. The normalized spacial score (nSPS) is 27.4. The quantitative estimate of drug-likeness (QED) is 0.868. The van der Waals surface area contributed by atoms with E-state index in [1.165, 1.54) is 0 Å². The minimum Gasteiger partial charge on any atom is -0.481 e. The summed E-state index contributed by atoms with van der Waals surface area (Å²) in [6, 6.07) is 0.226. The van der Waals surface area contributed by atoms with Crippen LogP contribution in [0.15, 0.2) is 0 Å². The fourth-order valence-electron chi connectivity index (χ4n) is 3.02. The molecule has 2 fully saturated rings. The summed E-state index contributed by atoms with van der Waals surface area (Å²) in [6.07, 6.45) is 3.81. The number of urea groups is 1. The average Bonchev–Trinajstić information content (AvgIpc) is 2.44. The van der Waals surface area contributed by atoms with E-state index in [1.54, 1.807) is 0 Å². The van der Waals surface area contributed by atoms with Crippen molar-refractivity contribution in [2.75, 3.05) is 25.4 Å². The number of carboxylic acid groups (broad SMARTS) is 1. The third-order valence-electron chi connectivity index (χ3n) is 4.08. The van der Waals surface area contributed by atoms with Crippen molar-refractivity contribution >= 4 is 23.8 Å². The first-order chi connectivity index (χ1) is 9.58. The van der Waals surface area contributed by atoms with E-state index in [9.17, 15) is 9.59 Å². The molecule has 2 heterocycles. The molecule has 0 bridgehead atoms. The smallest absolute Gasteiger partial charge is 0.320 e. The summed E-state index contributed by atoms with van der Waals surface area (Å²) >= 11 is 1.91. The molecule has 0 aromatic rings. The summed E-state index contributed by atoms with van der Waals surface area (Å²) < 4.78 is 0. The number of rotatable bonds is 3. The Morgan fingerprint density at radius 1 is 1.30 bits per heavy atom. The minimum atomic E-state index is -0.772. The van der Waals surface area contributed by atoms with E-state index in [0.29, 0.717) is 11.7 Å². The fourth-order valence-corrected chi connectivity index (χ4v) is 4.03. The molecule has 2 amide bonds. The Balaban J connectivity index is 1.95. The van der Waals surface area contributed by atoms with Gasteiger partial charge in [-0.3, -0.25) is 4.79 Å². The molecule has 2 unspecified atom stereocenters. The van der Waals surface area contributed by atoms with Gasteiger partial charge >= 0.3 is 12.0 Å². The Hall–Kier alpha value is -0.910. The van der Waals surface area contributed by atoms with E-state index in [1.807, 2.05) is 21.6 Å². The van der Waals surface area contributed by atoms with Crippen LogP contribution < -0.4 is 0 Å². The summed E-state index contributed by atoms with van der Waals surface area (Å²) in [5, 5.41) is 9.33. The zero-order valence-electron chi connectivity index (χ0n) is 12.1. The maximum absolute atomic E-state index is 12.6. The van der Waals surface area contributed by atoms with Crippen molar-refractivity contribution in [1.29, 1.82) is 0 Å². The predicted molar refractivity (Wildman–Crippen MR) is 80.1 cm³/mol. The molecular formula is C14H24N2O3S. The number of nitrogens with zero attached hydrogens (tertiary/aromatic N) is 2. The lowest BCUT2D eigenvalue weighted by Gasteiger charge is -2.41. The summed E-state index contributed by atoms with van der Waals surface area (Å²) in [4.78, 5) is 27.3. The van der Waals surface area contributed by atoms with Gasteiger partial charge in [-0.05, 0) is 25.7 Å². The lowest BCUT2D eigenvalue weighted by atomic mass is 9.98. The van der Waals surface area contributed by atoms with E-state index < -0.39 is 5.97 Å². The molecule has 0 aromatic carbocycles. The maximum Gasteiger partial charge on any atom is 0.320 e. The molecule has 0 saturated carbocycles. The minimum absolute atomic E-state index is 0.109. The molecule has 2 rings (SSSR count). The van der Waals surface area contributed by atoms with Gasteiger partial charge in [0.05, 0.1) is 0 Å². The van der Waals surface area contributed by atoms with Gasteiger partial charge in [0.15, 0.2) is 0 Å². The molecule has 2 aliphatic heterocycles. The molecular weight excluding hydrogens is 276 g/mol. The molecule has 114 valence electrons. The molecule has 20 heavy (non-hydrogen) atoms. The SMILES string of the molecule is CC1CN(C(=O)N2CCCCC2CCC(=O)O)CCS1. The van der Waals surface area contributed by atoms with Crippen LogP contribution in [0, 0.1) is 0 Å². The second kappa shape index (κ2) is 7.20. The van der Waals surface area contributed by atoms with Gasteiger partial charge in [0.1, 0.15) is 0 Å². The number of carbonyl (C=O) groups excluding carboxylic acids is 1. The molecule has 5 nitrogen and oxygen atoms in total. The van der Waals surface area contributed by atoms with Crippen molar-refractivity contribution < 1.29 is 14.7 Å². The highest BCUT2D eigenvalue weighted by Gasteiger charge is 2.31. The zero-order valence-corrected chi connectivity index (χ0v) is 12.9. The van der Waals surface area contributed by atoms with Crippen LogP contribution in [0.4, 0.5) is 4.79 Å². The van der Waals surface area contributed by atoms with Crippen LogP contribution in [-0.2, 0) is 4.79 Å². The van der Waals surface area contributed by atoms with E-state index in [4.69, 9.17) is 5.11 Å². The van der Waals surface area contributed by atoms with E-state index in [0.717, 1.165) is 44.6 Å². The van der Waals surface area contributed by atoms with Crippen LogP contribution in [0.25, 0.3) is 0 Å². The highest BCUT2D eigenvalue weighted by Crippen LogP contribution is 2.25. The van der Waals surface area contributed by atoms with Gasteiger partial charge in [0.2, 0.25) is 0 Å². The number of amides is 2. The first-order valence-corrected chi connectivity index (χ1v) is 8.51. The van der Waals surface area contributed by atoms with Gasteiger partial charge in [0, 0.05) is 43.1 Å². The van der Waals surface area contributed by atoms with Crippen molar-refractivity contribution in [3.63, 3.8) is 0 Å². The van der Waals surface area contributed by atoms with Gasteiger partial charge in [-0.25, -0.2) is 4.79 Å². The number of aliphatic carboxylic acids is 1. The lowest BCUT2D eigenvalue weighted by Crippen LogP contribution is -2.53. The summed E-state index contributed by atoms with van der Waals surface area (Å²) in [5.41, 5.74) is 0. The molecule has 2 aliphatic rings. The third kappa shape index (κ3) is 4.04. The molecule has 1 N–H and O–H groups in total. The zero-order chi connectivity index (χ0) is 14.5. The average molecular weight is 300 g/mol. The molecule has 0 spiro atoms. The van der Waals surface area contributed by atoms with Gasteiger partial charge in [-0.2, -0.15) is 11.8 Å². The van der Waals surface area contributed by atoms with Crippen molar-refractivity contribution in [1.82, 2.24) is 9.80 Å². The van der Waals surface area contributed by atoms with Gasteiger partial charge in [-0.15, -0.1) is 0 Å². The van der Waals surface area contributed by atoms with Gasteiger partial charge < -0.3 is 14.9 Å². The number of piperidine rings is 1. The second-order valence-electron chi connectivity index (χ2n) is 5.69. The summed E-state index contributed by atoms with van der Waals surface area (Å²) in [7, 11) is 0. The summed E-state index contributed by atoms with van der Waals surface area (Å²) in [5.74, 6) is 0.228. The Morgan fingerprint density at radius 2 is 2.10 bits per heavy atom. The number of carboxylic acids is 1. The Bertz CT molecular complexity index is 364. The summed E-state index contributed by atoms with van der Waals surface area (Å²) in [6.45, 7) is 4.56. The number of hydrogen-bond donors (Lipinski definition) is 1. The Kier molecular flexibility index (Phi) is 5.57. The van der Waals surface area contributed by atoms with Crippen LogP contribution in [0.2, 0.25) is 0 Å². The molecule has 0 aromatic heterocycles. The van der Waals surface area contributed by atoms with Crippen molar-refractivity contribution in [3.05, 3.63) is 0 Å². The topological polar surface area (TPSA) is 60.9 Å². The van der Waals surface area contributed by atoms with Crippen LogP contribution in [0.1, 0.15) is 39.0 Å². The van der Waals surface area contributed by atoms with E-state index >= 15 is 0 Å². The van der Waals surface area contributed by atoms with Crippen LogP contribution >= 0.6 is 11.8 Å². The Labute approximate surface area is 124 Å². The Morgan fingerprint density at radius 3 is 2.80 bits per heavy atom. The van der Waals surface area contributed by atoms with E-state index in [2.05, 4.69) is 6.92 Å². The lowest BCUT2D eigenvalue weighted by molar-refractivity contribution is -0.137. The van der Waals surface area contributed by atoms with Crippen molar-refractivity contribution in [3.8, 4) is 0 Å². The maximum atomic E-state index is 12.6. The van der Waals surface area contributed by atoms with E-state index in [-0.39, 0.29) is 18.5 Å². The van der Waals surface area contributed by atoms with Crippen LogP contribution in [0.3, 0.4) is 0 Å². The van der Waals surface area contributed by atoms with Crippen molar-refractivity contribution in [2.24, 2.45) is 0 Å². The molecule has 2 saturated heterocycles. The first-order valence-electron chi connectivity index (χ1n) is 7.47. The highest BCUT2D eigenvalue weighted by molar-refractivity contribution is 7.99. The van der Waals surface area contributed by atoms with Gasteiger partial charge in [0.25, 0.3) is 0 Å². The number of thioether (sulfide) groups is 1. The third-order valence-corrected chi connectivity index (χ3v) is 5.21. The second-order valence-corrected chi connectivity index (χ2v) is 7.23. The number of carbonyl (C=O) groups is 2. The standard InChI is InChI=1S/C14H24N2O3S/c1-11-10-15(8-9-20-11)14(19)16-7-3-2-4-12(16)5-6-13(17)18/h11-12H,2-10H2,1H3,(H,17,18). The molecule has 0 aliphatic carbocycles. The molecule has 2 atom stereocenters. The predicted octanol–water partition coefficient (Wildman–Crippen LogP) is 2.26. The number of likely N-dealkylation sites (tertiary alicyclic amines) is 1. The van der Waals surface area contributed by atoms with Gasteiger partial charge in [-0.1, -0.05) is 6.92 Å². The number of hydrogen-bond acceptors (Lipinski definition) is 3. The highest BCUT2D eigenvalue weighted by atomic mass is 32.2. The monoisotopic (exact) mass is 300 g/mol. The first kappa shape index (κ1) is 15.5. The molecule has 0 radical (unpaired) electrons. The van der Waals surface area contributed by atoms with Crippen molar-refractivity contribution in [2.45, 2.75) is 50.3 Å². The van der Waals surface area contributed by atoms with Crippen LogP contribution in [-0.4, -0.2) is 63.6 Å². The largest absolute Gasteiger partial charge is 0.481 e.